The van der Waals surface area contributed by atoms with E-state index in [0.29, 0.717) is 18.1 Å². The molecular weight excluding hydrogens is 410 g/mol. The normalized spacial score (nSPS) is 13.9. The van der Waals surface area contributed by atoms with Crippen molar-refractivity contribution in [2.45, 2.75) is 33.4 Å². The number of aliphatic carboxylic acids is 1. The summed E-state index contributed by atoms with van der Waals surface area (Å²) in [5.74, 6) is -0.714. The predicted octanol–water partition coefficient (Wildman–Crippen LogP) is 3.99. The summed E-state index contributed by atoms with van der Waals surface area (Å²) in [6.45, 7) is 9.42. The highest BCUT2D eigenvalue weighted by Crippen LogP contribution is 2.27. The van der Waals surface area contributed by atoms with Crippen molar-refractivity contribution in [1.29, 1.82) is 5.41 Å². The third-order valence-corrected chi connectivity index (χ3v) is 6.29. The van der Waals surface area contributed by atoms with Crippen molar-refractivity contribution >= 4 is 41.5 Å². The summed E-state index contributed by atoms with van der Waals surface area (Å²) in [6.07, 6.45) is 0.863. The summed E-state index contributed by atoms with van der Waals surface area (Å²) < 4.78 is 0. The molecule has 0 aliphatic carbocycles. The zero-order valence-electron chi connectivity index (χ0n) is 16.6. The van der Waals surface area contributed by atoms with Crippen LogP contribution in [0.25, 0.3) is 0 Å². The smallest absolute Gasteiger partial charge is 0.309 e. The molecule has 0 spiro atoms. The minimum absolute atomic E-state index is 0.0556. The van der Waals surface area contributed by atoms with Gasteiger partial charge in [-0.15, -0.1) is 11.3 Å². The number of hydrogen-bond acceptors (Lipinski definition) is 5. The first-order valence-corrected chi connectivity index (χ1v) is 10.5. The molecule has 8 heteroatoms. The number of carboxylic acids is 1. The van der Waals surface area contributed by atoms with E-state index >= 15 is 0 Å². The van der Waals surface area contributed by atoms with E-state index in [1.807, 2.05) is 19.1 Å². The monoisotopic (exact) mass is 435 g/mol. The third-order valence-electron chi connectivity index (χ3n) is 4.72. The number of carbonyl (C=O) groups is 1. The Bertz CT molecular complexity index is 891. The molecule has 156 valence electrons. The molecule has 1 aliphatic rings. The molecule has 1 aromatic heterocycles. The zero-order valence-corrected chi connectivity index (χ0v) is 18.2. The lowest BCUT2D eigenvalue weighted by Gasteiger charge is -2.36. The van der Waals surface area contributed by atoms with Crippen molar-refractivity contribution in [3.05, 3.63) is 55.7 Å². The van der Waals surface area contributed by atoms with Crippen LogP contribution in [0.5, 0.6) is 0 Å². The van der Waals surface area contributed by atoms with Gasteiger partial charge in [-0.05, 0) is 48.9 Å². The number of aryl methyl sites for hydroxylation is 2. The summed E-state index contributed by atoms with van der Waals surface area (Å²) in [6, 6.07) is 7.62. The summed E-state index contributed by atoms with van der Waals surface area (Å²) in [5.41, 5.74) is 3.02. The largest absolute Gasteiger partial charge is 0.481 e. The standard InChI is InChI=1S/C13H17N3O2S.C8H9ClO/c1-3-8-4-10(19-11(8)12(14)15-2)7-16-5-9(6-16)13(17)18;1-6-2-3-7(5-10)4-8(6)9/h4,9,14H,2-3,5-7H2,1H3,(H,17,18);2-4,10H,5H2,1H3. The number of hydrogen-bond donors (Lipinski definition) is 3. The van der Waals surface area contributed by atoms with Gasteiger partial charge in [-0.3, -0.25) is 15.1 Å². The lowest BCUT2D eigenvalue weighted by atomic mass is 10.0. The zero-order chi connectivity index (χ0) is 21.6. The van der Waals surface area contributed by atoms with Crippen molar-refractivity contribution < 1.29 is 15.0 Å². The van der Waals surface area contributed by atoms with Crippen molar-refractivity contribution in [3.8, 4) is 0 Å². The Hall–Kier alpha value is -2.06. The summed E-state index contributed by atoms with van der Waals surface area (Å²) in [7, 11) is 0. The van der Waals surface area contributed by atoms with E-state index in [1.165, 1.54) is 0 Å². The van der Waals surface area contributed by atoms with Crippen molar-refractivity contribution in [3.63, 3.8) is 0 Å². The fourth-order valence-corrected chi connectivity index (χ4v) is 4.32. The van der Waals surface area contributed by atoms with Crippen LogP contribution in [0.2, 0.25) is 5.02 Å². The SMILES string of the molecule is C=NC(=N)c1sc(CN2CC(C(=O)O)C2)cc1CC.Cc1ccc(CO)cc1Cl. The molecule has 0 unspecified atom stereocenters. The summed E-state index contributed by atoms with van der Waals surface area (Å²) >= 11 is 7.34. The number of nitrogens with one attached hydrogen (secondary N) is 1. The second-order valence-electron chi connectivity index (χ2n) is 6.90. The molecule has 6 nitrogen and oxygen atoms in total. The van der Waals surface area contributed by atoms with Gasteiger partial charge in [0.25, 0.3) is 0 Å². The average molecular weight is 436 g/mol. The minimum atomic E-state index is -0.713. The number of thiophene rings is 1. The van der Waals surface area contributed by atoms with Gasteiger partial charge in [0.15, 0.2) is 5.84 Å². The highest BCUT2D eigenvalue weighted by molar-refractivity contribution is 7.14. The number of carboxylic acid groups (broad SMARTS) is 1. The van der Waals surface area contributed by atoms with Crippen molar-refractivity contribution in [2.75, 3.05) is 13.1 Å². The topological polar surface area (TPSA) is 97.0 Å². The Labute approximate surface area is 180 Å². The Morgan fingerprint density at radius 1 is 1.41 bits per heavy atom. The molecule has 1 aliphatic heterocycles. The van der Waals surface area contributed by atoms with Crippen LogP contribution in [-0.2, 0) is 24.4 Å². The van der Waals surface area contributed by atoms with E-state index in [-0.39, 0.29) is 18.4 Å². The number of benzene rings is 1. The van der Waals surface area contributed by atoms with Crippen LogP contribution in [0.15, 0.2) is 29.3 Å². The van der Waals surface area contributed by atoms with E-state index in [9.17, 15) is 4.79 Å². The number of aliphatic imine (C=N–C) groups is 1. The van der Waals surface area contributed by atoms with Crippen LogP contribution >= 0.6 is 22.9 Å². The number of aliphatic hydroxyl groups excluding tert-OH is 1. The molecule has 1 aromatic carbocycles. The van der Waals surface area contributed by atoms with E-state index in [0.717, 1.165) is 39.4 Å². The van der Waals surface area contributed by atoms with Crippen LogP contribution in [0, 0.1) is 18.3 Å². The molecule has 0 saturated carbocycles. The lowest BCUT2D eigenvalue weighted by molar-refractivity contribution is -0.147. The van der Waals surface area contributed by atoms with Gasteiger partial charge in [-0.25, -0.2) is 4.99 Å². The number of rotatable bonds is 6. The van der Waals surface area contributed by atoms with Crippen molar-refractivity contribution in [1.82, 2.24) is 4.90 Å². The van der Waals surface area contributed by atoms with Gasteiger partial charge in [0.2, 0.25) is 0 Å². The highest BCUT2D eigenvalue weighted by Gasteiger charge is 2.32. The molecule has 0 amide bonds. The second kappa shape index (κ2) is 10.6. The number of likely N-dealkylation sites (tertiary alicyclic amines) is 1. The fraction of sp³-hybridized carbons (Fsp3) is 0.381. The van der Waals surface area contributed by atoms with Crippen LogP contribution < -0.4 is 0 Å². The average Bonchev–Trinajstić information content (AvgIpc) is 3.09. The molecule has 2 aromatic rings. The number of nitrogens with zero attached hydrogens (tertiary/aromatic N) is 2. The maximum Gasteiger partial charge on any atom is 0.309 e. The second-order valence-corrected chi connectivity index (χ2v) is 8.44. The first-order chi connectivity index (χ1) is 13.8. The van der Waals surface area contributed by atoms with Crippen LogP contribution in [0.4, 0.5) is 0 Å². The van der Waals surface area contributed by atoms with E-state index < -0.39 is 5.97 Å². The maximum atomic E-state index is 10.7. The molecule has 0 radical (unpaired) electrons. The van der Waals surface area contributed by atoms with Gasteiger partial charge in [0.05, 0.1) is 17.4 Å². The Morgan fingerprint density at radius 2 is 2.10 bits per heavy atom. The van der Waals surface area contributed by atoms with Gasteiger partial charge < -0.3 is 10.2 Å². The number of amidine groups is 1. The number of aliphatic hydroxyl groups is 1. The van der Waals surface area contributed by atoms with Crippen LogP contribution in [0.3, 0.4) is 0 Å². The molecule has 1 saturated heterocycles. The molecular formula is C21H26ClN3O3S. The van der Waals surface area contributed by atoms with Crippen LogP contribution in [-0.4, -0.2) is 46.7 Å². The van der Waals surface area contributed by atoms with Gasteiger partial charge in [0, 0.05) is 29.5 Å². The quantitative estimate of drug-likeness (QED) is 0.472. The maximum absolute atomic E-state index is 10.7. The first kappa shape index (κ1) is 23.2. The minimum Gasteiger partial charge on any atom is -0.481 e. The van der Waals surface area contributed by atoms with Gasteiger partial charge >= 0.3 is 5.97 Å². The molecule has 0 atom stereocenters. The first-order valence-electron chi connectivity index (χ1n) is 9.27. The van der Waals surface area contributed by atoms with Gasteiger partial charge in [0.1, 0.15) is 0 Å². The number of halogens is 1. The lowest BCUT2D eigenvalue weighted by Crippen LogP contribution is -2.49. The molecule has 3 rings (SSSR count). The highest BCUT2D eigenvalue weighted by atomic mass is 35.5. The molecule has 1 fully saturated rings. The Balaban J connectivity index is 0.000000253. The fourth-order valence-electron chi connectivity index (χ4n) is 2.91. The molecule has 29 heavy (non-hydrogen) atoms. The van der Waals surface area contributed by atoms with E-state index in [1.54, 1.807) is 17.4 Å². The van der Waals surface area contributed by atoms with Crippen molar-refractivity contribution in [2.24, 2.45) is 10.9 Å². The predicted molar refractivity (Wildman–Crippen MR) is 119 cm³/mol. The van der Waals surface area contributed by atoms with Gasteiger partial charge in [-0.1, -0.05) is 30.7 Å². The Kier molecular flexibility index (Phi) is 8.52. The van der Waals surface area contributed by atoms with Gasteiger partial charge in [-0.2, -0.15) is 0 Å². The van der Waals surface area contributed by atoms with E-state index in [4.69, 9.17) is 27.2 Å². The molecule has 3 N–H and O–H groups in total. The summed E-state index contributed by atoms with van der Waals surface area (Å²) in [4.78, 5) is 18.6. The summed E-state index contributed by atoms with van der Waals surface area (Å²) in [5, 5.41) is 26.0. The molecule has 0 bridgehead atoms. The molecule has 2 heterocycles. The third kappa shape index (κ3) is 6.21. The van der Waals surface area contributed by atoms with E-state index in [2.05, 4.69) is 29.6 Å². The Morgan fingerprint density at radius 3 is 2.62 bits per heavy atom. The van der Waals surface area contributed by atoms with Crippen LogP contribution in [0.1, 0.15) is 33.4 Å².